The third-order valence-electron chi connectivity index (χ3n) is 5.78. The van der Waals surface area contributed by atoms with Crippen molar-refractivity contribution in [2.24, 2.45) is 0 Å². The van der Waals surface area contributed by atoms with Gasteiger partial charge >= 0.3 is 0 Å². The van der Waals surface area contributed by atoms with Gasteiger partial charge in [0.25, 0.3) is 0 Å². The summed E-state index contributed by atoms with van der Waals surface area (Å²) in [5.74, 6) is 0.558. The van der Waals surface area contributed by atoms with Crippen molar-refractivity contribution in [3.63, 3.8) is 0 Å². The number of thiazole rings is 1. The maximum Gasteiger partial charge on any atom is 0.196 e. The van der Waals surface area contributed by atoms with E-state index in [1.807, 2.05) is 55.9 Å². The van der Waals surface area contributed by atoms with E-state index in [2.05, 4.69) is 40.4 Å². The minimum absolute atomic E-state index is 0.0164. The lowest BCUT2D eigenvalue weighted by Crippen LogP contribution is -2.12. The van der Waals surface area contributed by atoms with E-state index in [1.165, 1.54) is 0 Å². The number of hydrogen-bond donors (Lipinski definition) is 1. The molecule has 0 aliphatic heterocycles. The number of aryl methyl sites for hydroxylation is 1. The van der Waals surface area contributed by atoms with E-state index in [-0.39, 0.29) is 11.5 Å². The number of hydrogen-bond acceptors (Lipinski definition) is 6. The van der Waals surface area contributed by atoms with E-state index < -0.39 is 0 Å². The zero-order chi connectivity index (χ0) is 22.9. The Morgan fingerprint density at radius 2 is 1.88 bits per heavy atom. The predicted molar refractivity (Wildman–Crippen MR) is 135 cm³/mol. The Morgan fingerprint density at radius 1 is 1.03 bits per heavy atom. The van der Waals surface area contributed by atoms with Crippen LogP contribution in [0.15, 0.2) is 81.8 Å². The number of anilines is 1. The molecule has 0 aliphatic rings. The molecule has 5 aromatic rings. The van der Waals surface area contributed by atoms with E-state index in [4.69, 9.17) is 4.42 Å². The Kier molecular flexibility index (Phi) is 5.52. The third kappa shape index (κ3) is 3.94. The molecule has 0 aliphatic carbocycles. The number of nitrogens with zero attached hydrogens (tertiary/aromatic N) is 2. The molecule has 3 heterocycles. The van der Waals surface area contributed by atoms with Gasteiger partial charge in [-0.25, -0.2) is 0 Å². The molecule has 164 valence electrons. The molecule has 0 unspecified atom stereocenters. The molecule has 33 heavy (non-hydrogen) atoms. The quantitative estimate of drug-likeness (QED) is 0.318. The smallest absolute Gasteiger partial charge is 0.196 e. The number of rotatable bonds is 5. The lowest BCUT2D eigenvalue weighted by Gasteiger charge is -2.20. The molecule has 0 bridgehead atoms. The van der Waals surface area contributed by atoms with E-state index in [0.29, 0.717) is 22.3 Å². The van der Waals surface area contributed by atoms with E-state index >= 15 is 0 Å². The van der Waals surface area contributed by atoms with Gasteiger partial charge in [0.2, 0.25) is 0 Å². The van der Waals surface area contributed by atoms with Gasteiger partial charge in [0.1, 0.15) is 11.3 Å². The normalized spacial score (nSPS) is 12.1. The molecule has 1 N–H and O–H groups in total. The van der Waals surface area contributed by atoms with Crippen molar-refractivity contribution in [1.29, 1.82) is 0 Å². The molecule has 0 spiro atoms. The standard InChI is InChI=1S/C27H23N3O2S/c1-16-11-21(18(3)30-23-9-5-4-8-20(23)24-14-29-15-33-24)27-22(12-16)25(31)17(2)26(32-27)19-7-6-10-28-13-19/h4-15,18,30H,1-3H3/t18-/m1/s1. The van der Waals surface area contributed by atoms with E-state index in [0.717, 1.165) is 32.8 Å². The SMILES string of the molecule is Cc1cc([C@@H](C)Nc2ccccc2-c2cncs2)c2oc(-c3cccnc3)c(C)c(=O)c2c1. The molecule has 2 aromatic carbocycles. The van der Waals surface area contributed by atoms with Gasteiger partial charge in [-0.2, -0.15) is 0 Å². The number of pyridine rings is 1. The number of benzene rings is 2. The Morgan fingerprint density at radius 3 is 2.64 bits per heavy atom. The first-order valence-electron chi connectivity index (χ1n) is 10.8. The molecule has 6 heteroatoms. The van der Waals surface area contributed by atoms with Crippen LogP contribution >= 0.6 is 11.3 Å². The average molecular weight is 454 g/mol. The first-order chi connectivity index (χ1) is 16.0. The second kappa shape index (κ2) is 8.64. The van der Waals surface area contributed by atoms with E-state index in [1.54, 1.807) is 23.7 Å². The summed E-state index contributed by atoms with van der Waals surface area (Å²) < 4.78 is 6.42. The summed E-state index contributed by atoms with van der Waals surface area (Å²) in [5, 5.41) is 4.23. The topological polar surface area (TPSA) is 68.0 Å². The van der Waals surface area contributed by atoms with Crippen LogP contribution in [0.3, 0.4) is 0 Å². The fourth-order valence-electron chi connectivity index (χ4n) is 4.15. The molecule has 5 nitrogen and oxygen atoms in total. The highest BCUT2D eigenvalue weighted by Gasteiger charge is 2.19. The number of fused-ring (bicyclic) bond motifs is 1. The second-order valence-corrected chi connectivity index (χ2v) is 9.02. The number of para-hydroxylation sites is 1. The zero-order valence-corrected chi connectivity index (χ0v) is 19.4. The summed E-state index contributed by atoms with van der Waals surface area (Å²) in [5.41, 5.74) is 7.85. The molecule has 3 aromatic heterocycles. The monoisotopic (exact) mass is 453 g/mol. The maximum atomic E-state index is 13.3. The van der Waals surface area contributed by atoms with Gasteiger partial charge in [0.15, 0.2) is 5.43 Å². The second-order valence-electron chi connectivity index (χ2n) is 8.14. The Bertz CT molecular complexity index is 1490. The highest BCUT2D eigenvalue weighted by Crippen LogP contribution is 2.35. The van der Waals surface area contributed by atoms with Crippen molar-refractivity contribution < 1.29 is 4.42 Å². The Hall–Kier alpha value is -3.77. The van der Waals surface area contributed by atoms with Crippen LogP contribution in [-0.4, -0.2) is 9.97 Å². The summed E-state index contributed by atoms with van der Waals surface area (Å²) in [4.78, 5) is 22.8. The fourth-order valence-corrected chi connectivity index (χ4v) is 4.81. The molecule has 0 fully saturated rings. The van der Waals surface area contributed by atoms with Gasteiger partial charge in [0, 0.05) is 46.5 Å². The summed E-state index contributed by atoms with van der Waals surface area (Å²) in [6.07, 6.45) is 5.30. The number of aromatic nitrogens is 2. The summed E-state index contributed by atoms with van der Waals surface area (Å²) in [6.45, 7) is 5.90. The minimum atomic E-state index is -0.103. The van der Waals surface area contributed by atoms with Crippen LogP contribution in [0.1, 0.15) is 29.7 Å². The fraction of sp³-hybridized carbons (Fsp3) is 0.148. The van der Waals surface area contributed by atoms with Crippen LogP contribution in [0.2, 0.25) is 0 Å². The highest BCUT2D eigenvalue weighted by molar-refractivity contribution is 7.13. The molecule has 0 saturated carbocycles. The lowest BCUT2D eigenvalue weighted by atomic mass is 9.98. The highest BCUT2D eigenvalue weighted by atomic mass is 32.1. The molecule has 0 amide bonds. The summed E-state index contributed by atoms with van der Waals surface area (Å²) in [7, 11) is 0. The van der Waals surface area contributed by atoms with Gasteiger partial charge in [-0.15, -0.1) is 11.3 Å². The Labute approximate surface area is 195 Å². The van der Waals surface area contributed by atoms with Crippen molar-refractivity contribution in [1.82, 2.24) is 9.97 Å². The predicted octanol–water partition coefficient (Wildman–Crippen LogP) is 6.77. The van der Waals surface area contributed by atoms with Gasteiger partial charge in [-0.05, 0) is 50.6 Å². The van der Waals surface area contributed by atoms with Crippen molar-refractivity contribution >= 4 is 28.0 Å². The third-order valence-corrected chi connectivity index (χ3v) is 6.59. The van der Waals surface area contributed by atoms with Crippen LogP contribution < -0.4 is 10.7 Å². The Balaban J connectivity index is 1.64. The molecule has 0 saturated heterocycles. The van der Waals surface area contributed by atoms with Crippen LogP contribution in [0, 0.1) is 13.8 Å². The first-order valence-corrected chi connectivity index (χ1v) is 11.6. The largest absolute Gasteiger partial charge is 0.455 e. The average Bonchev–Trinajstić information content (AvgIpc) is 3.37. The van der Waals surface area contributed by atoms with Crippen LogP contribution in [0.5, 0.6) is 0 Å². The maximum absolute atomic E-state index is 13.3. The minimum Gasteiger partial charge on any atom is -0.455 e. The van der Waals surface area contributed by atoms with Crippen molar-refractivity contribution in [2.75, 3.05) is 5.32 Å². The molecule has 1 atom stereocenters. The zero-order valence-electron chi connectivity index (χ0n) is 18.6. The first kappa shape index (κ1) is 21.1. The molecule has 0 radical (unpaired) electrons. The summed E-state index contributed by atoms with van der Waals surface area (Å²) in [6, 6.07) is 15.8. The molecular weight excluding hydrogens is 430 g/mol. The van der Waals surface area contributed by atoms with Crippen LogP contribution in [-0.2, 0) is 0 Å². The lowest BCUT2D eigenvalue weighted by molar-refractivity contribution is 0.605. The van der Waals surface area contributed by atoms with Gasteiger partial charge in [0.05, 0.1) is 21.8 Å². The summed E-state index contributed by atoms with van der Waals surface area (Å²) >= 11 is 1.60. The molecule has 5 rings (SSSR count). The van der Waals surface area contributed by atoms with Crippen molar-refractivity contribution in [3.05, 3.63) is 99.5 Å². The van der Waals surface area contributed by atoms with Gasteiger partial charge in [-0.3, -0.25) is 14.8 Å². The molecular formula is C27H23N3O2S. The van der Waals surface area contributed by atoms with Crippen molar-refractivity contribution in [2.45, 2.75) is 26.8 Å². The number of nitrogens with one attached hydrogen (secondary N) is 1. The van der Waals surface area contributed by atoms with E-state index in [9.17, 15) is 4.79 Å². The van der Waals surface area contributed by atoms with Gasteiger partial charge < -0.3 is 9.73 Å². The van der Waals surface area contributed by atoms with Crippen molar-refractivity contribution in [3.8, 4) is 21.8 Å². The van der Waals surface area contributed by atoms with Crippen LogP contribution in [0.25, 0.3) is 32.7 Å². The van der Waals surface area contributed by atoms with Crippen LogP contribution in [0.4, 0.5) is 5.69 Å². The van der Waals surface area contributed by atoms with Gasteiger partial charge in [-0.1, -0.05) is 24.3 Å².